The summed E-state index contributed by atoms with van der Waals surface area (Å²) in [6.45, 7) is 1.59. The second kappa shape index (κ2) is 18.1. The summed E-state index contributed by atoms with van der Waals surface area (Å²) in [5, 5.41) is 13.7. The average Bonchev–Trinajstić information content (AvgIpc) is 4.16. The molecule has 12 aromatic rings. The fourth-order valence-electron chi connectivity index (χ4n) is 10.5. The van der Waals surface area contributed by atoms with E-state index in [1.165, 1.54) is 18.2 Å². The average molecular weight is 1030 g/mol. The van der Waals surface area contributed by atoms with E-state index in [1.807, 2.05) is 102 Å². The van der Waals surface area contributed by atoms with Crippen molar-refractivity contribution in [3.05, 3.63) is 228 Å². The smallest absolute Gasteiger partial charge is 0.308 e. The molecule has 3 aromatic heterocycles. The summed E-state index contributed by atoms with van der Waals surface area (Å²) in [4.78, 5) is 10.6. The number of nitriles is 1. The molecule has 0 spiro atoms. The van der Waals surface area contributed by atoms with E-state index >= 15 is 0 Å². The van der Waals surface area contributed by atoms with Crippen LogP contribution in [0.4, 0.5) is 39.5 Å². The number of aryl methyl sites for hydroxylation is 1. The Morgan fingerprint density at radius 3 is 1.31 bits per heavy atom. The van der Waals surface area contributed by atoms with Gasteiger partial charge < -0.3 is 9.13 Å². The minimum atomic E-state index is -5.19. The zero-order valence-corrected chi connectivity index (χ0v) is 40.2. The summed E-state index contributed by atoms with van der Waals surface area (Å²) >= 11 is 0. The van der Waals surface area contributed by atoms with Gasteiger partial charge in [-0.1, -0.05) is 145 Å². The van der Waals surface area contributed by atoms with Gasteiger partial charge >= 0.3 is 18.5 Å². The van der Waals surface area contributed by atoms with Crippen LogP contribution < -0.4 is 0 Å². The van der Waals surface area contributed by atoms with Gasteiger partial charge in [0.15, 0.2) is 5.82 Å². The molecule has 9 aromatic carbocycles. The first-order chi connectivity index (χ1) is 36.9. The highest BCUT2D eigenvalue weighted by atomic mass is 19.4. The van der Waals surface area contributed by atoms with Crippen molar-refractivity contribution in [2.24, 2.45) is 0 Å². The Morgan fingerprint density at radius 2 is 0.844 bits per heavy atom. The van der Waals surface area contributed by atoms with E-state index in [-0.39, 0.29) is 39.8 Å². The van der Waals surface area contributed by atoms with E-state index in [0.29, 0.717) is 72.5 Å². The predicted octanol–water partition coefficient (Wildman–Crippen LogP) is 18.2. The van der Waals surface area contributed by atoms with Crippen molar-refractivity contribution in [3.8, 4) is 73.6 Å². The number of rotatable bonds is 7. The molecule has 0 aliphatic carbocycles. The molecular formula is C63H36F9N5. The molecule has 3 heterocycles. The third kappa shape index (κ3) is 8.50. The first-order valence-electron chi connectivity index (χ1n) is 24.1. The van der Waals surface area contributed by atoms with Crippen LogP contribution in [-0.4, -0.2) is 19.1 Å². The molecule has 5 nitrogen and oxygen atoms in total. The van der Waals surface area contributed by atoms with Gasteiger partial charge in [-0.2, -0.15) is 44.8 Å². The van der Waals surface area contributed by atoms with Crippen LogP contribution in [-0.2, 0) is 18.5 Å². The fraction of sp³-hybridized carbons (Fsp3) is 0.0635. The summed E-state index contributed by atoms with van der Waals surface area (Å²) < 4.78 is 135. The summed E-state index contributed by atoms with van der Waals surface area (Å²) in [5.41, 5.74) is 1.78. The Bertz CT molecular complexity index is 4310. The lowest BCUT2D eigenvalue weighted by Crippen LogP contribution is -2.12. The van der Waals surface area contributed by atoms with Crippen molar-refractivity contribution < 1.29 is 39.5 Å². The van der Waals surface area contributed by atoms with Crippen LogP contribution in [0.2, 0.25) is 0 Å². The lowest BCUT2D eigenvalue weighted by Gasteiger charge is -2.21. The molecule has 77 heavy (non-hydrogen) atoms. The molecule has 0 saturated carbocycles. The Balaban J connectivity index is 1.24. The molecule has 14 heteroatoms. The number of fused-ring (bicyclic) bond motifs is 6. The molecule has 12 rings (SSSR count). The van der Waals surface area contributed by atoms with Crippen LogP contribution in [0.5, 0.6) is 0 Å². The van der Waals surface area contributed by atoms with Crippen molar-refractivity contribution >= 4 is 43.6 Å². The predicted molar refractivity (Wildman–Crippen MR) is 282 cm³/mol. The second-order valence-corrected chi connectivity index (χ2v) is 18.7. The van der Waals surface area contributed by atoms with E-state index in [2.05, 4.69) is 6.07 Å². The lowest BCUT2D eigenvalue weighted by molar-refractivity contribution is -0.143. The Morgan fingerprint density at radius 1 is 0.403 bits per heavy atom. The topological polar surface area (TPSA) is 59.4 Å². The quantitative estimate of drug-likeness (QED) is 0.149. The highest BCUT2D eigenvalue weighted by Gasteiger charge is 2.39. The molecule has 0 bridgehead atoms. The molecule has 0 aliphatic rings. The SMILES string of the molecule is Cc1ccc(-c2ccc3c4ccccc4n(-c4cc(C#N)cc(-n5c6ccccc6c6ccc(-c7ccc(C(F)(F)F)cc7C(F)(F)F)cc65)c4-c4nc(-c5ccccc5)cc(-c5ccccc5)n4)c3c2)c(C(F)(F)F)c1. The monoisotopic (exact) mass is 1030 g/mol. The number of para-hydroxylation sites is 2. The third-order valence-electron chi connectivity index (χ3n) is 13.9. The van der Waals surface area contributed by atoms with Crippen molar-refractivity contribution in [1.82, 2.24) is 19.1 Å². The molecule has 0 aliphatic heterocycles. The first-order valence-corrected chi connectivity index (χ1v) is 24.1. The summed E-state index contributed by atoms with van der Waals surface area (Å²) in [5.74, 6) is 0.142. The van der Waals surface area contributed by atoms with Gasteiger partial charge in [0, 0.05) is 32.7 Å². The maximum atomic E-state index is 14.9. The zero-order chi connectivity index (χ0) is 53.5. The summed E-state index contributed by atoms with van der Waals surface area (Å²) in [7, 11) is 0. The van der Waals surface area contributed by atoms with Crippen molar-refractivity contribution in [2.75, 3.05) is 0 Å². The molecule has 0 N–H and O–H groups in total. The molecule has 0 amide bonds. The van der Waals surface area contributed by atoms with Gasteiger partial charge in [0.2, 0.25) is 0 Å². The Kier molecular flexibility index (Phi) is 11.4. The van der Waals surface area contributed by atoms with Gasteiger partial charge in [0.25, 0.3) is 0 Å². The lowest BCUT2D eigenvalue weighted by atomic mass is 9.96. The largest absolute Gasteiger partial charge is 0.417 e. The maximum Gasteiger partial charge on any atom is 0.417 e. The van der Waals surface area contributed by atoms with Crippen molar-refractivity contribution in [1.29, 1.82) is 5.26 Å². The maximum absolute atomic E-state index is 14.9. The fourth-order valence-corrected chi connectivity index (χ4v) is 10.5. The highest BCUT2D eigenvalue weighted by Crippen LogP contribution is 2.47. The molecule has 0 fully saturated rings. The van der Waals surface area contributed by atoms with Crippen molar-refractivity contribution in [3.63, 3.8) is 0 Å². The van der Waals surface area contributed by atoms with E-state index in [1.54, 1.807) is 72.2 Å². The molecule has 0 radical (unpaired) electrons. The van der Waals surface area contributed by atoms with Crippen LogP contribution in [0.1, 0.15) is 27.8 Å². The molecule has 0 saturated heterocycles. The van der Waals surface area contributed by atoms with Gasteiger partial charge in [-0.05, 0) is 89.8 Å². The number of nitrogens with zero attached hydrogens (tertiary/aromatic N) is 5. The Labute approximate surface area is 433 Å². The van der Waals surface area contributed by atoms with E-state index in [9.17, 15) is 44.8 Å². The summed E-state index contributed by atoms with van der Waals surface area (Å²) in [6.07, 6.45) is -14.9. The second-order valence-electron chi connectivity index (χ2n) is 18.7. The minimum absolute atomic E-state index is 0.0428. The van der Waals surface area contributed by atoms with Crippen LogP contribution in [0, 0.1) is 18.3 Å². The molecular weight excluding hydrogens is 998 g/mol. The van der Waals surface area contributed by atoms with Gasteiger partial charge in [-0.15, -0.1) is 0 Å². The normalized spacial score (nSPS) is 12.3. The summed E-state index contributed by atoms with van der Waals surface area (Å²) in [6, 6.07) is 56.1. The number of aromatic nitrogens is 4. The van der Waals surface area contributed by atoms with Crippen LogP contribution in [0.3, 0.4) is 0 Å². The number of benzene rings is 9. The molecule has 376 valence electrons. The van der Waals surface area contributed by atoms with Gasteiger partial charge in [0.05, 0.1) is 78.7 Å². The number of hydrogen-bond acceptors (Lipinski definition) is 3. The van der Waals surface area contributed by atoms with Crippen LogP contribution >= 0.6 is 0 Å². The van der Waals surface area contributed by atoms with Gasteiger partial charge in [-0.3, -0.25) is 0 Å². The number of hydrogen-bond donors (Lipinski definition) is 0. The van der Waals surface area contributed by atoms with E-state index in [0.717, 1.165) is 28.6 Å². The third-order valence-corrected chi connectivity index (χ3v) is 13.9. The van der Waals surface area contributed by atoms with E-state index < -0.39 is 40.8 Å². The van der Waals surface area contributed by atoms with Crippen molar-refractivity contribution in [2.45, 2.75) is 25.5 Å². The van der Waals surface area contributed by atoms with Crippen LogP contribution in [0.25, 0.3) is 111 Å². The van der Waals surface area contributed by atoms with E-state index in [4.69, 9.17) is 9.97 Å². The van der Waals surface area contributed by atoms with Gasteiger partial charge in [0.1, 0.15) is 0 Å². The first kappa shape index (κ1) is 48.5. The Hall–Kier alpha value is -9.48. The molecule has 0 unspecified atom stereocenters. The minimum Gasteiger partial charge on any atom is -0.308 e. The van der Waals surface area contributed by atoms with Crippen LogP contribution in [0.15, 0.2) is 200 Å². The molecule has 0 atom stereocenters. The number of halogens is 9. The highest BCUT2D eigenvalue weighted by molar-refractivity contribution is 6.13. The number of alkyl halides is 9. The standard InChI is InChI=1S/C63H36F9N5/c1-36-20-24-43(49(28-36)62(67,68)69)40-21-25-47-45-16-8-10-18-53(45)76(55(47)31-40)57-29-37(35-73)30-58(59(57)60-74-51(38-12-4-2-5-13-38)34-52(75-60)39-14-6-3-7-15-39)77-54-19-11-9-17-46(54)48-26-22-41(32-56(48)77)44-27-23-42(61(64,65)66)33-50(44)63(70,71)72/h2-34H,1H3. The van der Waals surface area contributed by atoms with Gasteiger partial charge in [-0.25, -0.2) is 9.97 Å². The zero-order valence-electron chi connectivity index (χ0n) is 40.2.